The van der Waals surface area contributed by atoms with Gasteiger partial charge in [0.25, 0.3) is 12.0 Å². The number of pyridine rings is 1. The molecule has 1 aliphatic heterocycles. The fourth-order valence-electron chi connectivity index (χ4n) is 5.12. The van der Waals surface area contributed by atoms with E-state index < -0.39 is 45.4 Å². The van der Waals surface area contributed by atoms with Gasteiger partial charge in [0, 0.05) is 6.54 Å². The Morgan fingerprint density at radius 2 is 1.87 bits per heavy atom. The fraction of sp³-hybridized carbons (Fsp3) is 0.286. The Hall–Kier alpha value is -4.06. The molecule has 6 rings (SSSR count). The SMILES string of the molecule is COc1ccc(Cn2c(=O)c(-c3nc4cc5c(cc4n3S(=O)(=O)C(F)(F)F)CCONC5)cc3sc(NCC(F)F)cc32)cc1. The van der Waals surface area contributed by atoms with Crippen LogP contribution in [0.15, 0.2) is 53.3 Å². The predicted molar refractivity (Wildman–Crippen MR) is 158 cm³/mol. The van der Waals surface area contributed by atoms with E-state index in [9.17, 15) is 35.2 Å². The summed E-state index contributed by atoms with van der Waals surface area (Å²) in [5, 5.41) is 2.86. The molecular formula is C28H24F5N5O5S2. The predicted octanol–water partition coefficient (Wildman–Crippen LogP) is 5.09. The number of benzene rings is 2. The van der Waals surface area contributed by atoms with Crippen LogP contribution in [0.2, 0.25) is 0 Å². The van der Waals surface area contributed by atoms with Crippen molar-refractivity contribution in [2.24, 2.45) is 0 Å². The Kier molecular flexibility index (Phi) is 8.05. The largest absolute Gasteiger partial charge is 0.517 e. The second kappa shape index (κ2) is 11.7. The van der Waals surface area contributed by atoms with E-state index in [1.807, 2.05) is 0 Å². The first-order chi connectivity index (χ1) is 21.4. The molecule has 0 spiro atoms. The molecular weight excluding hydrogens is 645 g/mol. The van der Waals surface area contributed by atoms with Gasteiger partial charge in [-0.3, -0.25) is 4.79 Å². The first kappa shape index (κ1) is 30.9. The Labute approximate surface area is 256 Å². The van der Waals surface area contributed by atoms with Gasteiger partial charge >= 0.3 is 15.5 Å². The second-order valence-corrected chi connectivity index (χ2v) is 13.0. The van der Waals surface area contributed by atoms with Gasteiger partial charge in [0.2, 0.25) is 0 Å². The van der Waals surface area contributed by atoms with Crippen molar-refractivity contribution in [3.63, 3.8) is 0 Å². The number of methoxy groups -OCH3 is 1. The second-order valence-electron chi connectivity index (χ2n) is 10.1. The minimum absolute atomic E-state index is 0.0612. The maximum atomic E-state index is 14.1. The maximum absolute atomic E-state index is 14.1. The minimum Gasteiger partial charge on any atom is -0.497 e. The maximum Gasteiger partial charge on any atom is 0.517 e. The van der Waals surface area contributed by atoms with Gasteiger partial charge in [0.15, 0.2) is 5.82 Å². The molecule has 45 heavy (non-hydrogen) atoms. The summed E-state index contributed by atoms with van der Waals surface area (Å²) in [6.07, 6.45) is -2.38. The molecule has 0 bridgehead atoms. The molecule has 0 saturated heterocycles. The van der Waals surface area contributed by atoms with Gasteiger partial charge in [-0.15, -0.1) is 11.3 Å². The number of imidazole rings is 1. The van der Waals surface area contributed by atoms with E-state index in [4.69, 9.17) is 9.57 Å². The van der Waals surface area contributed by atoms with Crippen molar-refractivity contribution in [2.75, 3.05) is 25.6 Å². The number of hydroxylamine groups is 1. The molecule has 17 heteroatoms. The van der Waals surface area contributed by atoms with Crippen LogP contribution in [0.5, 0.6) is 5.75 Å². The van der Waals surface area contributed by atoms with Gasteiger partial charge in [0.05, 0.1) is 58.6 Å². The summed E-state index contributed by atoms with van der Waals surface area (Å²) in [5.74, 6) is -0.178. The molecule has 1 aliphatic rings. The molecule has 2 aromatic carbocycles. The van der Waals surface area contributed by atoms with Gasteiger partial charge in [-0.2, -0.15) is 27.1 Å². The van der Waals surface area contributed by atoms with Gasteiger partial charge in [-0.25, -0.2) is 17.7 Å². The average Bonchev–Trinajstić information content (AvgIpc) is 3.49. The quantitative estimate of drug-likeness (QED) is 0.220. The van der Waals surface area contributed by atoms with Crippen LogP contribution in [0.4, 0.5) is 27.0 Å². The number of ether oxygens (including phenoxy) is 1. The first-order valence-electron chi connectivity index (χ1n) is 13.4. The lowest BCUT2D eigenvalue weighted by Crippen LogP contribution is -2.31. The zero-order valence-electron chi connectivity index (χ0n) is 23.3. The van der Waals surface area contributed by atoms with Crippen LogP contribution >= 0.6 is 11.3 Å². The summed E-state index contributed by atoms with van der Waals surface area (Å²) in [5.41, 5.74) is -2.58. The third-order valence-corrected chi connectivity index (χ3v) is 9.72. The summed E-state index contributed by atoms with van der Waals surface area (Å²) in [6, 6.07) is 12.2. The van der Waals surface area contributed by atoms with Crippen molar-refractivity contribution < 1.29 is 39.9 Å². The molecule has 0 unspecified atom stereocenters. The van der Waals surface area contributed by atoms with Gasteiger partial charge < -0.3 is 19.5 Å². The first-order valence-corrected chi connectivity index (χ1v) is 15.7. The zero-order valence-corrected chi connectivity index (χ0v) is 25.0. The van der Waals surface area contributed by atoms with Crippen LogP contribution in [0, 0.1) is 0 Å². The van der Waals surface area contributed by atoms with E-state index in [1.165, 1.54) is 35.9 Å². The molecule has 238 valence electrons. The number of nitrogens with zero attached hydrogens (tertiary/aromatic N) is 3. The van der Waals surface area contributed by atoms with Crippen molar-refractivity contribution in [1.82, 2.24) is 19.0 Å². The topological polar surface area (TPSA) is 116 Å². The highest BCUT2D eigenvalue weighted by atomic mass is 32.2. The number of nitrogens with one attached hydrogen (secondary N) is 2. The third kappa shape index (κ3) is 5.76. The summed E-state index contributed by atoms with van der Waals surface area (Å²) in [7, 11) is -4.60. The average molecular weight is 670 g/mol. The molecule has 0 atom stereocenters. The Morgan fingerprint density at radius 3 is 2.56 bits per heavy atom. The number of aromatic nitrogens is 3. The van der Waals surface area contributed by atoms with Crippen LogP contribution in [0.25, 0.3) is 32.6 Å². The molecule has 0 fully saturated rings. The lowest BCUT2D eigenvalue weighted by Gasteiger charge is -2.15. The summed E-state index contributed by atoms with van der Waals surface area (Å²) >= 11 is 0.981. The molecule has 0 radical (unpaired) electrons. The van der Waals surface area contributed by atoms with Crippen molar-refractivity contribution in [1.29, 1.82) is 0 Å². The molecule has 0 amide bonds. The lowest BCUT2D eigenvalue weighted by atomic mass is 10.0. The number of fused-ring (bicyclic) bond motifs is 3. The van der Waals surface area contributed by atoms with E-state index >= 15 is 0 Å². The smallest absolute Gasteiger partial charge is 0.497 e. The molecule has 5 aromatic rings. The van der Waals surface area contributed by atoms with Crippen LogP contribution in [0.3, 0.4) is 0 Å². The highest BCUT2D eigenvalue weighted by molar-refractivity contribution is 7.91. The van der Waals surface area contributed by atoms with Crippen LogP contribution < -0.4 is 21.1 Å². The zero-order chi connectivity index (χ0) is 32.1. The monoisotopic (exact) mass is 669 g/mol. The fourth-order valence-corrected chi connectivity index (χ4v) is 7.11. The molecule has 10 nitrogen and oxygen atoms in total. The van der Waals surface area contributed by atoms with E-state index in [2.05, 4.69) is 15.8 Å². The highest BCUT2D eigenvalue weighted by Crippen LogP contribution is 2.37. The Bertz CT molecular complexity index is 2070. The standard InChI is InChI=1S/C28H24F5N5O5S2/c1-42-18-4-2-15(3-5-18)14-37-22-11-25(34-13-24(29)30)44-23(22)10-19(27(37)39)26-36-20-8-17-12-35-43-7-6-16(17)9-21(20)38(26)45(40,41)28(31,32)33/h2-5,8-11,24,34-35H,6-7,12-14H2,1H3. The van der Waals surface area contributed by atoms with E-state index in [-0.39, 0.29) is 46.1 Å². The number of hydrogen-bond acceptors (Lipinski definition) is 9. The van der Waals surface area contributed by atoms with E-state index in [1.54, 1.807) is 24.3 Å². The molecule has 4 heterocycles. The normalized spacial score (nSPS) is 14.2. The Morgan fingerprint density at radius 1 is 1.11 bits per heavy atom. The lowest BCUT2D eigenvalue weighted by molar-refractivity contribution is -0.0444. The number of anilines is 1. The van der Waals surface area contributed by atoms with Crippen LogP contribution in [0.1, 0.15) is 16.7 Å². The number of rotatable bonds is 8. The van der Waals surface area contributed by atoms with Crippen LogP contribution in [-0.4, -0.2) is 54.1 Å². The molecule has 0 saturated carbocycles. The third-order valence-electron chi connectivity index (χ3n) is 7.26. The number of thiophene rings is 1. The molecule has 0 aliphatic carbocycles. The van der Waals surface area contributed by atoms with Crippen molar-refractivity contribution in [3.05, 3.63) is 75.6 Å². The van der Waals surface area contributed by atoms with Crippen molar-refractivity contribution >= 4 is 47.6 Å². The van der Waals surface area contributed by atoms with Gasteiger partial charge in [-0.05, 0) is 59.5 Å². The van der Waals surface area contributed by atoms with Crippen molar-refractivity contribution in [2.45, 2.75) is 31.4 Å². The van der Waals surface area contributed by atoms with Gasteiger partial charge in [0.1, 0.15) is 5.75 Å². The number of alkyl halides is 5. The van der Waals surface area contributed by atoms with Crippen molar-refractivity contribution in [3.8, 4) is 17.1 Å². The highest BCUT2D eigenvalue weighted by Gasteiger charge is 2.49. The van der Waals surface area contributed by atoms with E-state index in [0.717, 1.165) is 11.3 Å². The number of hydrogen-bond donors (Lipinski definition) is 2. The van der Waals surface area contributed by atoms with E-state index in [0.29, 0.717) is 32.7 Å². The summed E-state index contributed by atoms with van der Waals surface area (Å²) in [4.78, 5) is 23.6. The molecule has 3 aromatic heterocycles. The number of halogens is 5. The van der Waals surface area contributed by atoms with Crippen LogP contribution in [-0.2, 0) is 34.4 Å². The summed E-state index contributed by atoms with van der Waals surface area (Å²) < 4.78 is 101. The Balaban J connectivity index is 1.62. The molecule has 2 N–H and O–H groups in total. The summed E-state index contributed by atoms with van der Waals surface area (Å²) in [6.45, 7) is -0.362. The van der Waals surface area contributed by atoms with Gasteiger partial charge in [-0.1, -0.05) is 12.1 Å². The minimum atomic E-state index is -6.08.